The van der Waals surface area contributed by atoms with Crippen molar-refractivity contribution in [3.63, 3.8) is 0 Å². The van der Waals surface area contributed by atoms with Crippen LogP contribution in [-0.2, 0) is 11.3 Å². The molecule has 214 valence electrons. The molecule has 7 rings (SSSR count). The predicted molar refractivity (Wildman–Crippen MR) is 149 cm³/mol. The Labute approximate surface area is 236 Å². The number of nitrogens with two attached hydrogens (primary N) is 1. The fraction of sp³-hybridized carbons (Fsp3) is 0.385. The molecule has 0 radical (unpaired) electrons. The third kappa shape index (κ3) is 4.80. The number of rotatable bonds is 7. The van der Waals surface area contributed by atoms with Crippen molar-refractivity contribution in [2.24, 2.45) is 0 Å². The van der Waals surface area contributed by atoms with Crippen LogP contribution in [0, 0.1) is 5.82 Å². The molecule has 5 aromatic rings. The van der Waals surface area contributed by atoms with E-state index in [9.17, 15) is 14.3 Å². The molecule has 2 saturated heterocycles. The van der Waals surface area contributed by atoms with Gasteiger partial charge < -0.3 is 29.6 Å². The number of nitrogen functional groups attached to an aromatic ring is 1. The Balaban J connectivity index is 1.01. The van der Waals surface area contributed by atoms with E-state index in [1.54, 1.807) is 28.8 Å². The Hall–Kier alpha value is -4.05. The minimum atomic E-state index is -0.717. The van der Waals surface area contributed by atoms with Crippen molar-refractivity contribution in [1.29, 1.82) is 0 Å². The molecule has 0 aliphatic carbocycles. The monoisotopic (exact) mass is 582 g/mol. The van der Waals surface area contributed by atoms with E-state index in [-0.39, 0.29) is 29.9 Å². The van der Waals surface area contributed by atoms with Gasteiger partial charge >= 0.3 is 4.87 Å². The van der Waals surface area contributed by atoms with E-state index in [4.69, 9.17) is 19.6 Å². The molecule has 6 heterocycles. The molecule has 0 amide bonds. The normalized spacial score (nSPS) is 20.0. The number of thiazole rings is 1. The minimum Gasteiger partial charge on any atom is -0.485 e. The maximum absolute atomic E-state index is 15.0. The lowest BCUT2D eigenvalue weighted by Gasteiger charge is -2.36. The van der Waals surface area contributed by atoms with Crippen LogP contribution >= 0.6 is 11.3 Å². The van der Waals surface area contributed by atoms with Crippen molar-refractivity contribution in [2.45, 2.75) is 18.8 Å². The van der Waals surface area contributed by atoms with Gasteiger partial charge in [-0.1, -0.05) is 11.3 Å². The van der Waals surface area contributed by atoms with Crippen LogP contribution in [0.3, 0.4) is 0 Å². The van der Waals surface area contributed by atoms with Crippen molar-refractivity contribution in [3.05, 3.63) is 52.1 Å². The number of ether oxygens (including phenoxy) is 2. The largest absolute Gasteiger partial charge is 0.485 e. The van der Waals surface area contributed by atoms with Crippen LogP contribution in [0.15, 0.2) is 45.8 Å². The van der Waals surface area contributed by atoms with Gasteiger partial charge in [0.2, 0.25) is 11.8 Å². The van der Waals surface area contributed by atoms with E-state index >= 15 is 0 Å². The van der Waals surface area contributed by atoms with Crippen molar-refractivity contribution >= 4 is 39.0 Å². The third-order valence-electron chi connectivity index (χ3n) is 7.42. The van der Waals surface area contributed by atoms with Gasteiger partial charge in [0.05, 0.1) is 25.2 Å². The average molecular weight is 583 g/mol. The van der Waals surface area contributed by atoms with Crippen LogP contribution in [0.4, 0.5) is 16.0 Å². The van der Waals surface area contributed by atoms with Crippen molar-refractivity contribution < 1.29 is 23.4 Å². The maximum atomic E-state index is 15.0. The molecular formula is C26H27FN8O5S. The van der Waals surface area contributed by atoms with Gasteiger partial charge in [0.15, 0.2) is 17.1 Å². The van der Waals surface area contributed by atoms with E-state index in [0.717, 1.165) is 11.3 Å². The first-order valence-electron chi connectivity index (χ1n) is 13.2. The summed E-state index contributed by atoms with van der Waals surface area (Å²) in [4.78, 5) is 26.1. The highest BCUT2D eigenvalue weighted by Gasteiger charge is 2.28. The summed E-state index contributed by atoms with van der Waals surface area (Å²) in [5.41, 5.74) is 7.62. The molecule has 2 aliphatic heterocycles. The first kappa shape index (κ1) is 25.9. The quantitative estimate of drug-likeness (QED) is 0.287. The Morgan fingerprint density at radius 3 is 2.71 bits per heavy atom. The summed E-state index contributed by atoms with van der Waals surface area (Å²) in [7, 11) is 0. The maximum Gasteiger partial charge on any atom is 0.309 e. The molecule has 3 N–H and O–H groups in total. The lowest BCUT2D eigenvalue weighted by Crippen LogP contribution is -2.47. The highest BCUT2D eigenvalue weighted by Crippen LogP contribution is 2.28. The van der Waals surface area contributed by atoms with Gasteiger partial charge in [-0.05, 0) is 24.3 Å². The number of furan rings is 1. The van der Waals surface area contributed by atoms with Gasteiger partial charge in [0, 0.05) is 45.3 Å². The number of benzene rings is 1. The first-order chi connectivity index (χ1) is 19.9. The molecule has 0 unspecified atom stereocenters. The third-order valence-corrected chi connectivity index (χ3v) is 8.38. The molecule has 15 heteroatoms. The zero-order valence-corrected chi connectivity index (χ0v) is 22.7. The topological polar surface area (TPSA) is 149 Å². The average Bonchev–Trinajstić information content (AvgIpc) is 3.76. The van der Waals surface area contributed by atoms with Crippen LogP contribution in [0.5, 0.6) is 5.75 Å². The van der Waals surface area contributed by atoms with Gasteiger partial charge in [-0.3, -0.25) is 14.3 Å². The van der Waals surface area contributed by atoms with Crippen molar-refractivity contribution in [2.75, 3.05) is 56.6 Å². The number of aliphatic hydroxyl groups excluding tert-OH is 1. The summed E-state index contributed by atoms with van der Waals surface area (Å²) in [6, 6.07) is 8.27. The van der Waals surface area contributed by atoms with Crippen molar-refractivity contribution in [1.82, 2.24) is 29.0 Å². The van der Waals surface area contributed by atoms with E-state index in [1.165, 1.54) is 16.8 Å². The van der Waals surface area contributed by atoms with Crippen LogP contribution in [-0.4, -0.2) is 92.3 Å². The number of aromatic nitrogens is 5. The van der Waals surface area contributed by atoms with Crippen LogP contribution in [0.25, 0.3) is 27.6 Å². The van der Waals surface area contributed by atoms with Crippen LogP contribution < -0.4 is 20.2 Å². The lowest BCUT2D eigenvalue weighted by molar-refractivity contribution is 0.0731. The number of nitrogens with zero attached hydrogens (tertiary/aromatic N) is 7. The standard InChI is InChI=1S/C26H27FN8O5S/c27-16-12-15(40-20-14-38-13-18(20)36)3-4-17(16)33-8-5-32(6-9-33)7-10-34-23-21(41-26(34)37)24-29-22(19-2-1-11-39-19)31-35(24)25(28)30-23/h1-4,11-12,18,20,36H,5-10,13-14H2,(H2,28,30)/t18-,20-/m1/s1. The van der Waals surface area contributed by atoms with E-state index in [2.05, 4.69) is 20.0 Å². The van der Waals surface area contributed by atoms with E-state index in [0.29, 0.717) is 78.3 Å². The molecule has 2 aliphatic rings. The molecule has 41 heavy (non-hydrogen) atoms. The summed E-state index contributed by atoms with van der Waals surface area (Å²) < 4.78 is 34.9. The second kappa shape index (κ2) is 10.4. The molecule has 1 aromatic carbocycles. The fourth-order valence-electron chi connectivity index (χ4n) is 5.22. The summed E-state index contributed by atoms with van der Waals surface area (Å²) >= 11 is 1.06. The molecule has 2 atom stereocenters. The summed E-state index contributed by atoms with van der Waals surface area (Å²) in [6.45, 7) is 4.22. The first-order valence-corrected chi connectivity index (χ1v) is 14.0. The summed E-state index contributed by atoms with van der Waals surface area (Å²) in [5, 5.41) is 14.3. The number of fused-ring (bicyclic) bond motifs is 3. The van der Waals surface area contributed by atoms with Gasteiger partial charge in [-0.15, -0.1) is 5.10 Å². The molecule has 0 spiro atoms. The van der Waals surface area contributed by atoms with E-state index < -0.39 is 12.2 Å². The molecule has 0 bridgehead atoms. The minimum absolute atomic E-state index is 0.129. The molecule has 13 nitrogen and oxygen atoms in total. The number of halogens is 1. The second-order valence-electron chi connectivity index (χ2n) is 9.99. The summed E-state index contributed by atoms with van der Waals surface area (Å²) in [6.07, 6.45) is 0.324. The van der Waals surface area contributed by atoms with Crippen LogP contribution in [0.2, 0.25) is 0 Å². The number of hydrogen-bond donors (Lipinski definition) is 2. The SMILES string of the molecule is Nc1nc2c(sc(=O)n2CCN2CCN(c3ccc(O[C@@H]4COC[C@H]4O)cc3F)CC2)c2nc(-c3ccco3)nn12. The predicted octanol–water partition coefficient (Wildman–Crippen LogP) is 1.44. The Bertz CT molecular complexity index is 1760. The van der Waals surface area contributed by atoms with Gasteiger partial charge in [-0.2, -0.15) is 9.50 Å². The number of aliphatic hydroxyl groups is 1. The van der Waals surface area contributed by atoms with Gasteiger partial charge in [0.25, 0.3) is 0 Å². The Morgan fingerprint density at radius 1 is 1.12 bits per heavy atom. The van der Waals surface area contributed by atoms with Gasteiger partial charge in [0.1, 0.15) is 28.5 Å². The molecule has 4 aromatic heterocycles. The second-order valence-corrected chi connectivity index (χ2v) is 11.0. The Morgan fingerprint density at radius 2 is 1.98 bits per heavy atom. The number of anilines is 2. The summed E-state index contributed by atoms with van der Waals surface area (Å²) in [5.74, 6) is 0.976. The van der Waals surface area contributed by atoms with Crippen molar-refractivity contribution in [3.8, 4) is 17.3 Å². The Kier molecular flexibility index (Phi) is 6.57. The lowest BCUT2D eigenvalue weighted by atomic mass is 10.2. The smallest absolute Gasteiger partial charge is 0.309 e. The molecule has 2 fully saturated rings. The highest BCUT2D eigenvalue weighted by atomic mass is 32.1. The van der Waals surface area contributed by atoms with E-state index in [1.807, 2.05) is 4.90 Å². The number of piperazine rings is 1. The fourth-order valence-corrected chi connectivity index (χ4v) is 6.15. The van der Waals surface area contributed by atoms with Crippen LogP contribution in [0.1, 0.15) is 0 Å². The highest BCUT2D eigenvalue weighted by molar-refractivity contribution is 7.17. The molecule has 0 saturated carbocycles. The zero-order chi connectivity index (χ0) is 28.1. The van der Waals surface area contributed by atoms with Gasteiger partial charge in [-0.25, -0.2) is 9.37 Å². The molecular weight excluding hydrogens is 555 g/mol. The number of hydrogen-bond acceptors (Lipinski definition) is 12. The zero-order valence-electron chi connectivity index (χ0n) is 21.8.